The van der Waals surface area contributed by atoms with Crippen LogP contribution in [0, 0.1) is 0 Å². The van der Waals surface area contributed by atoms with Gasteiger partial charge in [-0.25, -0.2) is 8.42 Å². The van der Waals surface area contributed by atoms with E-state index < -0.39 is 10.0 Å². The van der Waals surface area contributed by atoms with Gasteiger partial charge >= 0.3 is 0 Å². The molecule has 3 rings (SSSR count). The summed E-state index contributed by atoms with van der Waals surface area (Å²) < 4.78 is 31.8. The Kier molecular flexibility index (Phi) is 5.51. The van der Waals surface area contributed by atoms with Crippen LogP contribution in [0.4, 0.5) is 5.69 Å². The number of pyridine rings is 2. The number of fused-ring (bicyclic) bond motifs is 1. The topological polar surface area (TPSA) is 75.6 Å². The van der Waals surface area contributed by atoms with Crippen molar-refractivity contribution in [3.8, 4) is 0 Å². The lowest BCUT2D eigenvalue weighted by atomic mass is 10.2. The van der Waals surface area contributed by atoms with Crippen LogP contribution < -0.4 is 4.90 Å². The molecule has 1 aliphatic rings. The van der Waals surface area contributed by atoms with Gasteiger partial charge < -0.3 is 9.64 Å². The Morgan fingerprint density at radius 2 is 1.92 bits per heavy atom. The van der Waals surface area contributed by atoms with E-state index in [1.807, 2.05) is 32.2 Å². The zero-order valence-electron chi connectivity index (χ0n) is 14.6. The third-order valence-electron chi connectivity index (χ3n) is 4.29. The molecular weight excluding hydrogens is 340 g/mol. The van der Waals surface area contributed by atoms with E-state index >= 15 is 0 Å². The van der Waals surface area contributed by atoms with Crippen molar-refractivity contribution in [2.24, 2.45) is 0 Å². The van der Waals surface area contributed by atoms with Crippen molar-refractivity contribution in [3.63, 3.8) is 0 Å². The number of hydrogen-bond donors (Lipinski definition) is 0. The first-order valence-electron chi connectivity index (χ1n) is 8.50. The van der Waals surface area contributed by atoms with Gasteiger partial charge in [0.1, 0.15) is 0 Å². The molecule has 136 valence electrons. The summed E-state index contributed by atoms with van der Waals surface area (Å²) in [4.78, 5) is 10.7. The molecule has 0 N–H and O–H groups in total. The molecule has 0 aromatic carbocycles. The summed E-state index contributed by atoms with van der Waals surface area (Å²) in [6.07, 6.45) is 5.36. The van der Waals surface area contributed by atoms with E-state index in [1.165, 1.54) is 0 Å². The molecule has 25 heavy (non-hydrogen) atoms. The molecule has 2 aromatic heterocycles. The Hall–Kier alpha value is -1.77. The molecule has 0 spiro atoms. The van der Waals surface area contributed by atoms with E-state index in [2.05, 4.69) is 14.9 Å². The maximum atomic E-state index is 12.4. The van der Waals surface area contributed by atoms with Crippen molar-refractivity contribution >= 4 is 26.6 Å². The van der Waals surface area contributed by atoms with Crippen molar-refractivity contribution in [3.05, 3.63) is 30.7 Å². The van der Waals surface area contributed by atoms with Gasteiger partial charge in [0.25, 0.3) is 0 Å². The van der Waals surface area contributed by atoms with E-state index in [9.17, 15) is 8.42 Å². The molecule has 0 bridgehead atoms. The molecule has 8 heteroatoms. The molecule has 0 saturated carbocycles. The highest BCUT2D eigenvalue weighted by atomic mass is 32.2. The lowest BCUT2D eigenvalue weighted by Gasteiger charge is -2.35. The highest BCUT2D eigenvalue weighted by Gasteiger charge is 2.27. The van der Waals surface area contributed by atoms with Gasteiger partial charge in [-0.3, -0.25) is 9.97 Å². The number of anilines is 1. The Bertz CT molecular complexity index is 812. The van der Waals surface area contributed by atoms with Gasteiger partial charge in [-0.05, 0) is 26.0 Å². The highest BCUT2D eigenvalue weighted by molar-refractivity contribution is 7.89. The molecule has 0 unspecified atom stereocenters. The van der Waals surface area contributed by atoms with Crippen LogP contribution in [0.3, 0.4) is 0 Å². The van der Waals surface area contributed by atoms with E-state index in [1.54, 1.807) is 16.7 Å². The van der Waals surface area contributed by atoms with Crippen molar-refractivity contribution < 1.29 is 13.2 Å². The first-order chi connectivity index (χ1) is 12.0. The van der Waals surface area contributed by atoms with E-state index in [0.29, 0.717) is 26.2 Å². The van der Waals surface area contributed by atoms with Crippen LogP contribution in [0.1, 0.15) is 13.8 Å². The summed E-state index contributed by atoms with van der Waals surface area (Å²) in [5, 5.41) is 0.992. The summed E-state index contributed by atoms with van der Waals surface area (Å²) in [6.45, 7) is 6.30. The average Bonchev–Trinajstić information content (AvgIpc) is 2.61. The second-order valence-corrected chi connectivity index (χ2v) is 8.43. The van der Waals surface area contributed by atoms with Gasteiger partial charge in [-0.1, -0.05) is 0 Å². The van der Waals surface area contributed by atoms with Gasteiger partial charge in [-0.2, -0.15) is 4.31 Å². The molecular formula is C17H24N4O3S. The Balaban J connectivity index is 1.65. The minimum atomic E-state index is -3.27. The summed E-state index contributed by atoms with van der Waals surface area (Å²) in [6, 6.07) is 3.85. The lowest BCUT2D eigenvalue weighted by Crippen LogP contribution is -2.49. The number of aromatic nitrogens is 2. The van der Waals surface area contributed by atoms with Gasteiger partial charge in [0, 0.05) is 55.8 Å². The molecule has 0 radical (unpaired) electrons. The van der Waals surface area contributed by atoms with Crippen molar-refractivity contribution in [2.45, 2.75) is 20.0 Å². The van der Waals surface area contributed by atoms with Crippen LogP contribution in [-0.2, 0) is 14.8 Å². The lowest BCUT2D eigenvalue weighted by molar-refractivity contribution is 0.0906. The number of sulfonamides is 1. The molecule has 1 aliphatic heterocycles. The smallest absolute Gasteiger partial charge is 0.216 e. The highest BCUT2D eigenvalue weighted by Crippen LogP contribution is 2.25. The van der Waals surface area contributed by atoms with Gasteiger partial charge in [0.05, 0.1) is 24.0 Å². The standard InChI is InChI=1S/C17H24N4O3S/c1-14(2)24-11-12-25(22,23)21-9-7-20(8-10-21)17-4-6-19-16-3-5-18-13-15(16)17/h3-6,13-14H,7-12H2,1-2H3. The minimum Gasteiger partial charge on any atom is -0.378 e. The van der Waals surface area contributed by atoms with Crippen LogP contribution in [0.15, 0.2) is 30.7 Å². The van der Waals surface area contributed by atoms with Crippen LogP contribution in [0.25, 0.3) is 10.9 Å². The van der Waals surface area contributed by atoms with Crippen LogP contribution in [0.2, 0.25) is 0 Å². The molecule has 2 aromatic rings. The quantitative estimate of drug-likeness (QED) is 0.773. The predicted octanol–water partition coefficient (Wildman–Crippen LogP) is 1.51. The molecule has 1 fully saturated rings. The maximum absolute atomic E-state index is 12.4. The second kappa shape index (κ2) is 7.63. The zero-order valence-corrected chi connectivity index (χ0v) is 15.4. The first kappa shape index (κ1) is 18.0. The number of nitrogens with zero attached hydrogens (tertiary/aromatic N) is 4. The average molecular weight is 364 g/mol. The van der Waals surface area contributed by atoms with Gasteiger partial charge in [0.2, 0.25) is 10.0 Å². The molecule has 7 nitrogen and oxygen atoms in total. The van der Waals surface area contributed by atoms with Crippen LogP contribution in [-0.4, -0.2) is 67.3 Å². The van der Waals surface area contributed by atoms with Crippen LogP contribution in [0.5, 0.6) is 0 Å². The first-order valence-corrected chi connectivity index (χ1v) is 10.1. The van der Waals surface area contributed by atoms with Crippen molar-refractivity contribution in [1.29, 1.82) is 0 Å². The fourth-order valence-corrected chi connectivity index (χ4v) is 4.26. The summed E-state index contributed by atoms with van der Waals surface area (Å²) >= 11 is 0. The normalized spacial score (nSPS) is 16.7. The summed E-state index contributed by atoms with van der Waals surface area (Å²) in [5.41, 5.74) is 1.95. The Labute approximate surface area is 148 Å². The fourth-order valence-electron chi connectivity index (χ4n) is 2.98. The SMILES string of the molecule is CC(C)OCCS(=O)(=O)N1CCN(c2ccnc3ccncc23)CC1. The number of piperazine rings is 1. The van der Waals surface area contributed by atoms with Crippen LogP contribution >= 0.6 is 0 Å². The molecule has 0 amide bonds. The Morgan fingerprint density at radius 1 is 1.16 bits per heavy atom. The predicted molar refractivity (Wildman–Crippen MR) is 98.2 cm³/mol. The summed E-state index contributed by atoms with van der Waals surface area (Å²) in [5.74, 6) is 0.0350. The van der Waals surface area contributed by atoms with E-state index in [-0.39, 0.29) is 18.5 Å². The second-order valence-electron chi connectivity index (χ2n) is 6.34. The van der Waals surface area contributed by atoms with Gasteiger partial charge in [-0.15, -0.1) is 0 Å². The number of hydrogen-bond acceptors (Lipinski definition) is 6. The molecule has 0 aliphatic carbocycles. The molecule has 0 atom stereocenters. The number of ether oxygens (including phenoxy) is 1. The monoisotopic (exact) mass is 364 g/mol. The number of rotatable bonds is 6. The largest absolute Gasteiger partial charge is 0.378 e. The Morgan fingerprint density at radius 3 is 2.64 bits per heavy atom. The minimum absolute atomic E-state index is 0.0350. The maximum Gasteiger partial charge on any atom is 0.216 e. The van der Waals surface area contributed by atoms with Crippen molar-refractivity contribution in [2.75, 3.05) is 43.4 Å². The van der Waals surface area contributed by atoms with E-state index in [4.69, 9.17) is 4.74 Å². The third-order valence-corrected chi connectivity index (χ3v) is 6.12. The molecule has 3 heterocycles. The van der Waals surface area contributed by atoms with E-state index in [0.717, 1.165) is 16.6 Å². The molecule has 1 saturated heterocycles. The van der Waals surface area contributed by atoms with Gasteiger partial charge in [0.15, 0.2) is 0 Å². The fraction of sp³-hybridized carbons (Fsp3) is 0.529. The third kappa shape index (κ3) is 4.26. The zero-order chi connectivity index (χ0) is 17.9. The summed E-state index contributed by atoms with van der Waals surface area (Å²) in [7, 11) is -3.27. The van der Waals surface area contributed by atoms with Crippen molar-refractivity contribution in [1.82, 2.24) is 14.3 Å².